The van der Waals surface area contributed by atoms with E-state index in [2.05, 4.69) is 13.8 Å². The number of rotatable bonds is 12. The van der Waals surface area contributed by atoms with Crippen molar-refractivity contribution in [3.05, 3.63) is 77.2 Å². The molecule has 0 radical (unpaired) electrons. The van der Waals surface area contributed by atoms with Crippen LogP contribution >= 0.6 is 8.03 Å². The van der Waals surface area contributed by atoms with Crippen LogP contribution in [0.2, 0.25) is 0 Å². The fourth-order valence-electron chi connectivity index (χ4n) is 4.22. The largest absolute Gasteiger partial charge is 0.481 e. The molecule has 0 bridgehead atoms. The number of aromatic nitrogens is 1. The van der Waals surface area contributed by atoms with E-state index in [4.69, 9.17) is 14.6 Å². The molecule has 0 fully saturated rings. The number of hydrogen-bond donors (Lipinski definition) is 2. The predicted molar refractivity (Wildman–Crippen MR) is 140 cm³/mol. The molecule has 3 aromatic rings. The van der Waals surface area contributed by atoms with Crippen LogP contribution < -0.4 is 0 Å². The van der Waals surface area contributed by atoms with Gasteiger partial charge < -0.3 is 14.7 Å². The minimum atomic E-state index is -2.55. The van der Waals surface area contributed by atoms with Crippen molar-refractivity contribution in [2.45, 2.75) is 52.1 Å². The summed E-state index contributed by atoms with van der Waals surface area (Å²) in [7, 11) is -2.55. The third-order valence-electron chi connectivity index (χ3n) is 5.90. The highest BCUT2D eigenvalue weighted by atomic mass is 31.1. The van der Waals surface area contributed by atoms with Gasteiger partial charge >= 0.3 is 5.97 Å². The summed E-state index contributed by atoms with van der Waals surface area (Å²) in [6.07, 6.45) is -0.665. The van der Waals surface area contributed by atoms with Crippen molar-refractivity contribution >= 4 is 14.0 Å². The summed E-state index contributed by atoms with van der Waals surface area (Å²) in [5.74, 6) is -1.30. The maximum absolute atomic E-state index is 13.9. The summed E-state index contributed by atoms with van der Waals surface area (Å²) >= 11 is 0. The van der Waals surface area contributed by atoms with Gasteiger partial charge in [-0.2, -0.15) is 0 Å². The highest BCUT2D eigenvalue weighted by Crippen LogP contribution is 2.36. The van der Waals surface area contributed by atoms with E-state index in [1.54, 1.807) is 6.07 Å². The van der Waals surface area contributed by atoms with Crippen LogP contribution in [0.5, 0.6) is 0 Å². The van der Waals surface area contributed by atoms with E-state index < -0.39 is 26.5 Å². The van der Waals surface area contributed by atoms with Crippen molar-refractivity contribution in [3.8, 4) is 22.4 Å². The average molecular weight is 514 g/mol. The number of carbonyl (C=O) groups is 1. The topological polar surface area (TPSA) is 96.7 Å². The first kappa shape index (κ1) is 27.7. The number of aliphatic hydroxyl groups is 1. The Morgan fingerprint density at radius 3 is 2.47 bits per heavy atom. The van der Waals surface area contributed by atoms with Gasteiger partial charge in [0.2, 0.25) is 0 Å². The molecule has 2 aromatic carbocycles. The molecule has 36 heavy (non-hydrogen) atoms. The van der Waals surface area contributed by atoms with E-state index in [0.29, 0.717) is 12.8 Å². The van der Waals surface area contributed by atoms with Crippen molar-refractivity contribution < 1.29 is 28.5 Å². The zero-order valence-corrected chi connectivity index (χ0v) is 21.8. The van der Waals surface area contributed by atoms with E-state index in [1.165, 1.54) is 12.1 Å². The Kier molecular flexibility index (Phi) is 9.94. The Balaban J connectivity index is 1.89. The van der Waals surface area contributed by atoms with Gasteiger partial charge in [-0.1, -0.05) is 50.2 Å². The number of aryl methyl sites for hydroxylation is 1. The van der Waals surface area contributed by atoms with E-state index in [1.807, 2.05) is 43.3 Å². The number of pyridine rings is 1. The van der Waals surface area contributed by atoms with Gasteiger partial charge in [0.25, 0.3) is 0 Å². The maximum Gasteiger partial charge on any atom is 0.305 e. The highest BCUT2D eigenvalue weighted by Gasteiger charge is 2.19. The Labute approximate surface area is 212 Å². The van der Waals surface area contributed by atoms with Crippen LogP contribution in [0, 0.1) is 12.7 Å². The lowest BCUT2D eigenvalue weighted by Crippen LogP contribution is -2.15. The molecule has 192 valence electrons. The van der Waals surface area contributed by atoms with Crippen LogP contribution in [0.15, 0.2) is 54.6 Å². The highest BCUT2D eigenvalue weighted by molar-refractivity contribution is 7.39. The van der Waals surface area contributed by atoms with Crippen LogP contribution in [0.25, 0.3) is 22.4 Å². The number of halogens is 1. The van der Waals surface area contributed by atoms with Crippen LogP contribution in [0.1, 0.15) is 49.4 Å². The number of hydrogen-bond acceptors (Lipinski definition) is 5. The Hall–Kier alpha value is -2.86. The van der Waals surface area contributed by atoms with Gasteiger partial charge in [0.15, 0.2) is 8.03 Å². The summed E-state index contributed by atoms with van der Waals surface area (Å²) in [4.78, 5) is 15.7. The minimum absolute atomic E-state index is 0.134. The number of benzene rings is 2. The van der Waals surface area contributed by atoms with Gasteiger partial charge in [-0.15, -0.1) is 0 Å². The van der Waals surface area contributed by atoms with Gasteiger partial charge in [0.05, 0.1) is 24.8 Å². The number of aliphatic hydroxyl groups excluding tert-OH is 1. The summed E-state index contributed by atoms with van der Waals surface area (Å²) < 4.78 is 31.5. The van der Waals surface area contributed by atoms with Crippen molar-refractivity contribution in [2.75, 3.05) is 12.8 Å². The lowest BCUT2D eigenvalue weighted by Gasteiger charge is -2.20. The molecule has 2 N–H and O–H groups in total. The van der Waals surface area contributed by atoms with Gasteiger partial charge in [-0.3, -0.25) is 14.3 Å². The second-order valence-electron chi connectivity index (χ2n) is 9.18. The first-order valence-corrected chi connectivity index (χ1v) is 13.6. The van der Waals surface area contributed by atoms with Gasteiger partial charge in [-0.25, -0.2) is 4.39 Å². The lowest BCUT2D eigenvalue weighted by molar-refractivity contribution is -0.138. The SMILES string of the molecule is Cc1cc(F)ccc1-c1cc(-c2ccccc2)nc(C(C)C)c1CCCO[PH](=O)CC(O)CC(=O)O. The molecule has 0 aliphatic carbocycles. The molecular formula is C28H33FNO5P. The van der Waals surface area contributed by atoms with E-state index in [-0.39, 0.29) is 24.5 Å². The molecule has 3 rings (SSSR count). The van der Waals surface area contributed by atoms with Crippen molar-refractivity contribution in [2.24, 2.45) is 0 Å². The Morgan fingerprint density at radius 2 is 1.83 bits per heavy atom. The molecule has 0 aliphatic rings. The maximum atomic E-state index is 13.9. The van der Waals surface area contributed by atoms with Crippen molar-refractivity contribution in [3.63, 3.8) is 0 Å². The minimum Gasteiger partial charge on any atom is -0.481 e. The molecule has 1 aromatic heterocycles. The first-order chi connectivity index (χ1) is 17.2. The molecule has 0 spiro atoms. The Morgan fingerprint density at radius 1 is 1.11 bits per heavy atom. The Bertz CT molecular complexity index is 1220. The molecule has 0 saturated carbocycles. The average Bonchev–Trinajstić information content (AvgIpc) is 2.81. The third kappa shape index (κ3) is 7.57. The molecule has 6 nitrogen and oxygen atoms in total. The lowest BCUT2D eigenvalue weighted by atomic mass is 9.88. The fraction of sp³-hybridized carbons (Fsp3) is 0.357. The standard InChI is InChI=1S/C28H33FNO5P/c1-18(2)28-24(10-7-13-35-36(34)17-22(31)15-27(32)33)25(23-12-11-21(29)14-19(23)3)16-26(30-28)20-8-5-4-6-9-20/h4-6,8-9,11-12,14,16,18,22,31,36H,7,10,13,15,17H2,1-3H3,(H,32,33). The van der Waals surface area contributed by atoms with E-state index >= 15 is 0 Å². The van der Waals surface area contributed by atoms with Crippen molar-refractivity contribution in [1.82, 2.24) is 4.98 Å². The summed E-state index contributed by atoms with van der Waals surface area (Å²) in [6.45, 7) is 6.26. The smallest absolute Gasteiger partial charge is 0.305 e. The quantitative estimate of drug-likeness (QED) is 0.220. The fourth-order valence-corrected chi connectivity index (χ4v) is 5.24. The summed E-state index contributed by atoms with van der Waals surface area (Å²) in [5.41, 5.74) is 6.55. The second kappa shape index (κ2) is 12.9. The number of carboxylic acids is 1. The van der Waals surface area contributed by atoms with Crippen molar-refractivity contribution in [1.29, 1.82) is 0 Å². The van der Waals surface area contributed by atoms with E-state index in [0.717, 1.165) is 39.2 Å². The normalized spacial score (nSPS) is 13.1. The number of carboxylic acid groups (broad SMARTS) is 1. The van der Waals surface area contributed by atoms with Gasteiger partial charge in [0, 0.05) is 17.4 Å². The van der Waals surface area contributed by atoms with Gasteiger partial charge in [0.1, 0.15) is 5.82 Å². The van der Waals surface area contributed by atoms with Crippen LogP contribution in [0.3, 0.4) is 0 Å². The van der Waals surface area contributed by atoms with Crippen LogP contribution in [-0.4, -0.2) is 40.0 Å². The summed E-state index contributed by atoms with van der Waals surface area (Å²) in [5, 5.41) is 18.4. The first-order valence-electron chi connectivity index (χ1n) is 12.1. The molecule has 1 heterocycles. The second-order valence-corrected chi connectivity index (χ2v) is 10.6. The monoisotopic (exact) mass is 513 g/mol. The predicted octanol–water partition coefficient (Wildman–Crippen LogP) is 6.25. The molecule has 0 saturated heterocycles. The van der Waals surface area contributed by atoms with Crippen LogP contribution in [0.4, 0.5) is 4.39 Å². The van der Waals surface area contributed by atoms with E-state index in [9.17, 15) is 18.9 Å². The number of nitrogens with zero attached hydrogens (tertiary/aromatic N) is 1. The summed E-state index contributed by atoms with van der Waals surface area (Å²) in [6, 6.07) is 16.7. The van der Waals surface area contributed by atoms with Crippen LogP contribution in [-0.2, 0) is 20.3 Å². The zero-order valence-electron chi connectivity index (χ0n) is 20.8. The molecule has 2 atom stereocenters. The van der Waals surface area contributed by atoms with Gasteiger partial charge in [-0.05, 0) is 66.1 Å². The molecular weight excluding hydrogens is 480 g/mol. The molecule has 0 aliphatic heterocycles. The third-order valence-corrected chi connectivity index (χ3v) is 7.23. The molecule has 8 heteroatoms. The zero-order chi connectivity index (χ0) is 26.2. The molecule has 2 unspecified atom stereocenters. The number of aliphatic carboxylic acids is 1. The molecule has 0 amide bonds.